The summed E-state index contributed by atoms with van der Waals surface area (Å²) >= 11 is 0. The van der Waals surface area contributed by atoms with E-state index in [0.717, 1.165) is 30.6 Å². The molecule has 7 heteroatoms. The predicted octanol–water partition coefficient (Wildman–Crippen LogP) is 2.43. The van der Waals surface area contributed by atoms with E-state index in [1.807, 2.05) is 35.2 Å². The number of fused-ring (bicyclic) bond motifs is 1. The largest absolute Gasteiger partial charge is 0.342 e. The van der Waals surface area contributed by atoms with Crippen molar-refractivity contribution in [2.24, 2.45) is 11.8 Å². The van der Waals surface area contributed by atoms with Crippen LogP contribution in [0.3, 0.4) is 0 Å². The Morgan fingerprint density at radius 1 is 1.21 bits per heavy atom. The number of benzene rings is 1. The SMILES string of the molecule is CC1(c2cccc(NS(C)(=O)=O)c2)C2CN(C(=O)CCc3ccccn3)CC21. The molecular formula is C21H25N3O3S. The second-order valence-electron chi connectivity index (χ2n) is 8.07. The second kappa shape index (κ2) is 6.88. The van der Waals surface area contributed by atoms with E-state index >= 15 is 0 Å². The fourth-order valence-electron chi connectivity index (χ4n) is 4.58. The number of anilines is 1. The number of carbonyl (C=O) groups excluding carboxylic acids is 1. The molecule has 1 aromatic carbocycles. The molecule has 1 aromatic heterocycles. The van der Waals surface area contributed by atoms with Gasteiger partial charge in [-0.05, 0) is 48.1 Å². The first-order chi connectivity index (χ1) is 13.3. The van der Waals surface area contributed by atoms with Gasteiger partial charge in [0, 0.05) is 42.5 Å². The van der Waals surface area contributed by atoms with Gasteiger partial charge in [-0.25, -0.2) is 8.42 Å². The second-order valence-corrected chi connectivity index (χ2v) is 9.82. The number of pyridine rings is 1. The molecule has 4 rings (SSSR count). The molecule has 2 heterocycles. The Morgan fingerprint density at radius 3 is 2.61 bits per heavy atom. The van der Waals surface area contributed by atoms with Crippen molar-refractivity contribution in [2.75, 3.05) is 24.1 Å². The zero-order valence-electron chi connectivity index (χ0n) is 16.1. The highest BCUT2D eigenvalue weighted by molar-refractivity contribution is 7.92. The van der Waals surface area contributed by atoms with Crippen molar-refractivity contribution in [1.82, 2.24) is 9.88 Å². The molecule has 2 fully saturated rings. The van der Waals surface area contributed by atoms with E-state index in [1.165, 1.54) is 0 Å². The normalized spacial score (nSPS) is 26.0. The Balaban J connectivity index is 1.37. The maximum atomic E-state index is 12.6. The highest BCUT2D eigenvalue weighted by Gasteiger charge is 2.66. The molecule has 2 aromatic rings. The summed E-state index contributed by atoms with van der Waals surface area (Å²) in [7, 11) is -3.29. The van der Waals surface area contributed by atoms with E-state index in [1.54, 1.807) is 12.3 Å². The topological polar surface area (TPSA) is 79.4 Å². The van der Waals surface area contributed by atoms with Gasteiger partial charge >= 0.3 is 0 Å². The molecule has 2 atom stereocenters. The number of nitrogens with zero attached hydrogens (tertiary/aromatic N) is 2. The minimum atomic E-state index is -3.29. The molecule has 1 amide bonds. The molecule has 0 bridgehead atoms. The predicted molar refractivity (Wildman–Crippen MR) is 108 cm³/mol. The molecule has 1 saturated heterocycles. The molecule has 0 radical (unpaired) electrons. The first-order valence-corrected chi connectivity index (χ1v) is 11.4. The number of likely N-dealkylation sites (tertiary alicyclic amines) is 1. The summed E-state index contributed by atoms with van der Waals surface area (Å²) in [6.07, 6.45) is 4.06. The quantitative estimate of drug-likeness (QED) is 0.809. The van der Waals surface area contributed by atoms with Crippen molar-refractivity contribution < 1.29 is 13.2 Å². The standard InChI is InChI=1S/C21H25N3O3S/c1-21(15-6-5-8-17(12-15)23-28(2,26)27)18-13-24(14-19(18)21)20(25)10-9-16-7-3-4-11-22-16/h3-8,11-12,18-19,23H,9-10,13-14H2,1-2H3. The number of carbonyl (C=O) groups is 1. The molecule has 1 saturated carbocycles. The van der Waals surface area contributed by atoms with Gasteiger partial charge in [0.15, 0.2) is 0 Å². The number of rotatable bonds is 6. The van der Waals surface area contributed by atoms with Crippen molar-refractivity contribution in [3.63, 3.8) is 0 Å². The molecule has 28 heavy (non-hydrogen) atoms. The minimum Gasteiger partial charge on any atom is -0.342 e. The molecule has 2 aliphatic rings. The lowest BCUT2D eigenvalue weighted by molar-refractivity contribution is -0.130. The van der Waals surface area contributed by atoms with Gasteiger partial charge in [-0.15, -0.1) is 0 Å². The average molecular weight is 400 g/mol. The molecule has 1 aliphatic heterocycles. The van der Waals surface area contributed by atoms with Crippen LogP contribution in [0.5, 0.6) is 0 Å². The number of sulfonamides is 1. The van der Waals surface area contributed by atoms with Crippen LogP contribution in [0.2, 0.25) is 0 Å². The number of amides is 1. The summed E-state index contributed by atoms with van der Waals surface area (Å²) < 4.78 is 25.5. The van der Waals surface area contributed by atoms with Gasteiger partial charge in [-0.3, -0.25) is 14.5 Å². The Bertz CT molecular complexity index is 979. The van der Waals surface area contributed by atoms with Gasteiger partial charge in [0.1, 0.15) is 0 Å². The fraction of sp³-hybridized carbons (Fsp3) is 0.429. The van der Waals surface area contributed by atoms with Gasteiger partial charge in [0.05, 0.1) is 6.26 Å². The maximum absolute atomic E-state index is 12.6. The molecular weight excluding hydrogens is 374 g/mol. The smallest absolute Gasteiger partial charge is 0.229 e. The summed E-state index contributed by atoms with van der Waals surface area (Å²) in [6.45, 7) is 3.76. The van der Waals surface area contributed by atoms with Gasteiger partial charge in [0.2, 0.25) is 15.9 Å². The lowest BCUT2D eigenvalue weighted by Gasteiger charge is -2.25. The molecule has 6 nitrogen and oxygen atoms in total. The number of hydrogen-bond donors (Lipinski definition) is 1. The van der Waals surface area contributed by atoms with E-state index in [-0.39, 0.29) is 11.3 Å². The molecule has 2 unspecified atom stereocenters. The van der Waals surface area contributed by atoms with Gasteiger partial charge in [-0.1, -0.05) is 25.1 Å². The molecule has 1 aliphatic carbocycles. The third kappa shape index (κ3) is 3.63. The maximum Gasteiger partial charge on any atom is 0.229 e. The Kier molecular flexibility index (Phi) is 4.65. The molecule has 148 valence electrons. The Hall–Kier alpha value is -2.41. The van der Waals surface area contributed by atoms with E-state index in [0.29, 0.717) is 30.4 Å². The van der Waals surface area contributed by atoms with Gasteiger partial charge < -0.3 is 4.90 Å². The van der Waals surface area contributed by atoms with Crippen LogP contribution in [0.15, 0.2) is 48.7 Å². The van der Waals surface area contributed by atoms with E-state index < -0.39 is 10.0 Å². The lowest BCUT2D eigenvalue weighted by atomic mass is 9.92. The van der Waals surface area contributed by atoms with Crippen LogP contribution in [0.25, 0.3) is 0 Å². The Labute approximate surface area is 166 Å². The third-order valence-corrected chi connectivity index (χ3v) is 6.82. The molecule has 1 N–H and O–H groups in total. The number of piperidine rings is 1. The zero-order valence-corrected chi connectivity index (χ0v) is 16.9. The fourth-order valence-corrected chi connectivity index (χ4v) is 5.14. The molecule has 0 spiro atoms. The van der Waals surface area contributed by atoms with Crippen molar-refractivity contribution in [3.05, 3.63) is 59.9 Å². The Morgan fingerprint density at radius 2 is 1.96 bits per heavy atom. The lowest BCUT2D eigenvalue weighted by Crippen LogP contribution is -2.34. The van der Waals surface area contributed by atoms with Crippen LogP contribution in [-0.4, -0.2) is 43.6 Å². The first kappa shape index (κ1) is 18.9. The first-order valence-electron chi connectivity index (χ1n) is 9.53. The summed E-state index contributed by atoms with van der Waals surface area (Å²) in [4.78, 5) is 18.8. The van der Waals surface area contributed by atoms with Crippen LogP contribution in [0, 0.1) is 11.8 Å². The zero-order chi connectivity index (χ0) is 19.9. The number of nitrogens with one attached hydrogen (secondary N) is 1. The van der Waals surface area contributed by atoms with Crippen LogP contribution >= 0.6 is 0 Å². The van der Waals surface area contributed by atoms with Crippen molar-refractivity contribution in [1.29, 1.82) is 0 Å². The van der Waals surface area contributed by atoms with Crippen LogP contribution in [-0.2, 0) is 26.7 Å². The highest BCUT2D eigenvalue weighted by Crippen LogP contribution is 2.63. The summed E-state index contributed by atoms with van der Waals surface area (Å²) in [5.74, 6) is 1.05. The van der Waals surface area contributed by atoms with Crippen LogP contribution in [0.4, 0.5) is 5.69 Å². The number of aryl methyl sites for hydroxylation is 1. The van der Waals surface area contributed by atoms with Crippen LogP contribution in [0.1, 0.15) is 24.6 Å². The highest BCUT2D eigenvalue weighted by atomic mass is 32.2. The van der Waals surface area contributed by atoms with E-state index in [4.69, 9.17) is 0 Å². The monoisotopic (exact) mass is 399 g/mol. The van der Waals surface area contributed by atoms with Crippen LogP contribution < -0.4 is 4.72 Å². The number of aromatic nitrogens is 1. The van der Waals surface area contributed by atoms with E-state index in [9.17, 15) is 13.2 Å². The van der Waals surface area contributed by atoms with Gasteiger partial charge in [-0.2, -0.15) is 0 Å². The summed E-state index contributed by atoms with van der Waals surface area (Å²) in [5, 5.41) is 0. The number of hydrogen-bond acceptors (Lipinski definition) is 4. The van der Waals surface area contributed by atoms with Crippen molar-refractivity contribution in [2.45, 2.75) is 25.2 Å². The third-order valence-electron chi connectivity index (χ3n) is 6.21. The summed E-state index contributed by atoms with van der Waals surface area (Å²) in [6, 6.07) is 13.4. The van der Waals surface area contributed by atoms with Gasteiger partial charge in [0.25, 0.3) is 0 Å². The van der Waals surface area contributed by atoms with E-state index in [2.05, 4.69) is 22.7 Å². The van der Waals surface area contributed by atoms with Crippen molar-refractivity contribution in [3.8, 4) is 0 Å². The minimum absolute atomic E-state index is 0.00690. The average Bonchev–Trinajstić information content (AvgIpc) is 3.02. The van der Waals surface area contributed by atoms with Crippen molar-refractivity contribution >= 4 is 21.6 Å². The summed E-state index contributed by atoms with van der Waals surface area (Å²) in [5.41, 5.74) is 2.68.